The van der Waals surface area contributed by atoms with Gasteiger partial charge in [0.25, 0.3) is 0 Å². The van der Waals surface area contributed by atoms with Crippen LogP contribution in [0.15, 0.2) is 48.5 Å². The Kier molecular flexibility index (Phi) is 4.81. The van der Waals surface area contributed by atoms with Crippen molar-refractivity contribution in [3.63, 3.8) is 0 Å². The Labute approximate surface area is 165 Å². The molecule has 0 bridgehead atoms. The summed E-state index contributed by atoms with van der Waals surface area (Å²) in [6, 6.07) is 17.0. The smallest absolute Gasteiger partial charge is 0.163 e. The average molecular weight is 375 g/mol. The molecule has 2 aromatic heterocycles. The maximum absolute atomic E-state index is 5.47. The third-order valence-corrected chi connectivity index (χ3v) is 5.48. The topological polar surface area (TPSA) is 53.5 Å². The van der Waals surface area contributed by atoms with Crippen LogP contribution in [-0.4, -0.2) is 62.5 Å². The number of benzene rings is 1. The fourth-order valence-electron chi connectivity index (χ4n) is 3.95. The predicted molar refractivity (Wildman–Crippen MR) is 113 cm³/mol. The number of hydrogen-bond acceptors (Lipinski definition) is 6. The van der Waals surface area contributed by atoms with E-state index in [1.807, 2.05) is 0 Å². The second kappa shape index (κ2) is 7.73. The minimum atomic E-state index is 0.756. The molecule has 0 atom stereocenters. The van der Waals surface area contributed by atoms with Gasteiger partial charge in [0, 0.05) is 50.2 Å². The summed E-state index contributed by atoms with van der Waals surface area (Å²) in [4.78, 5) is 14.6. The van der Waals surface area contributed by atoms with Gasteiger partial charge < -0.3 is 19.9 Å². The summed E-state index contributed by atoms with van der Waals surface area (Å²) in [6.45, 7) is 7.15. The molecule has 6 nitrogen and oxygen atoms in total. The third-order valence-electron chi connectivity index (χ3n) is 5.48. The largest absolute Gasteiger partial charge is 0.378 e. The third kappa shape index (κ3) is 3.41. The van der Waals surface area contributed by atoms with E-state index in [9.17, 15) is 0 Å². The summed E-state index contributed by atoms with van der Waals surface area (Å²) >= 11 is 0. The molecule has 0 radical (unpaired) electrons. The fourth-order valence-corrected chi connectivity index (χ4v) is 3.95. The van der Waals surface area contributed by atoms with Gasteiger partial charge in [-0.2, -0.15) is 0 Å². The molecule has 0 unspecified atom stereocenters. The number of piperazine rings is 1. The lowest BCUT2D eigenvalue weighted by atomic mass is 10.0. The fraction of sp³-hybridized carbons (Fsp3) is 0.364. The van der Waals surface area contributed by atoms with Crippen molar-refractivity contribution < 1.29 is 4.74 Å². The number of morpholine rings is 1. The number of hydrogen-bond donors (Lipinski definition) is 1. The minimum absolute atomic E-state index is 0.756. The molecular weight excluding hydrogens is 350 g/mol. The van der Waals surface area contributed by atoms with Gasteiger partial charge >= 0.3 is 0 Å². The lowest BCUT2D eigenvalue weighted by molar-refractivity contribution is 0.122. The first-order valence-electron chi connectivity index (χ1n) is 10.0. The van der Waals surface area contributed by atoms with E-state index in [0.29, 0.717) is 0 Å². The Hall–Kier alpha value is -2.70. The zero-order chi connectivity index (χ0) is 18.8. The van der Waals surface area contributed by atoms with Gasteiger partial charge in [-0.1, -0.05) is 30.3 Å². The highest BCUT2D eigenvalue weighted by atomic mass is 16.5. The van der Waals surface area contributed by atoms with Crippen molar-refractivity contribution in [3.8, 4) is 11.1 Å². The number of ether oxygens (including phenoxy) is 1. The summed E-state index contributed by atoms with van der Waals surface area (Å²) in [5, 5.41) is 4.51. The molecule has 144 valence electrons. The highest BCUT2D eigenvalue weighted by Gasteiger charge is 2.19. The molecule has 5 rings (SSSR count). The Morgan fingerprint density at radius 2 is 1.61 bits per heavy atom. The summed E-state index contributed by atoms with van der Waals surface area (Å²) < 4.78 is 5.47. The molecule has 2 aliphatic rings. The second-order valence-electron chi connectivity index (χ2n) is 7.28. The highest BCUT2D eigenvalue weighted by Crippen LogP contribution is 2.33. The molecule has 28 heavy (non-hydrogen) atoms. The van der Waals surface area contributed by atoms with Gasteiger partial charge in [-0.3, -0.25) is 0 Å². The van der Waals surface area contributed by atoms with E-state index in [1.54, 1.807) is 0 Å². The van der Waals surface area contributed by atoms with Crippen LogP contribution in [0.1, 0.15) is 0 Å². The first-order chi connectivity index (χ1) is 13.9. The van der Waals surface area contributed by atoms with E-state index in [2.05, 4.69) is 63.6 Å². The summed E-state index contributed by atoms with van der Waals surface area (Å²) in [5.74, 6) is 2.02. The number of nitrogens with one attached hydrogen (secondary N) is 1. The molecule has 1 N–H and O–H groups in total. The normalized spacial score (nSPS) is 17.9. The van der Waals surface area contributed by atoms with Crippen LogP contribution < -0.4 is 15.1 Å². The zero-order valence-electron chi connectivity index (χ0n) is 16.0. The SMILES string of the molecule is c1ccc(-c2cc3ccc(N4CCOCC4)nc3nc2N2CCNCC2)cc1. The van der Waals surface area contributed by atoms with Gasteiger partial charge in [-0.15, -0.1) is 0 Å². The first-order valence-corrected chi connectivity index (χ1v) is 10.0. The highest BCUT2D eigenvalue weighted by molar-refractivity contribution is 5.88. The second-order valence-corrected chi connectivity index (χ2v) is 7.28. The minimum Gasteiger partial charge on any atom is -0.378 e. The molecular formula is C22H25N5O. The van der Waals surface area contributed by atoms with Crippen molar-refractivity contribution in [3.05, 3.63) is 48.5 Å². The van der Waals surface area contributed by atoms with E-state index >= 15 is 0 Å². The van der Waals surface area contributed by atoms with Crippen molar-refractivity contribution in [2.24, 2.45) is 0 Å². The van der Waals surface area contributed by atoms with Gasteiger partial charge in [0.2, 0.25) is 0 Å². The van der Waals surface area contributed by atoms with E-state index in [1.165, 1.54) is 11.1 Å². The summed E-state index contributed by atoms with van der Waals surface area (Å²) in [5.41, 5.74) is 3.19. The predicted octanol–water partition coefficient (Wildman–Crippen LogP) is 2.54. The number of nitrogens with zero attached hydrogens (tertiary/aromatic N) is 4. The monoisotopic (exact) mass is 375 g/mol. The number of anilines is 2. The molecule has 0 amide bonds. The number of fused-ring (bicyclic) bond motifs is 1. The van der Waals surface area contributed by atoms with E-state index in [4.69, 9.17) is 14.7 Å². The van der Waals surface area contributed by atoms with Gasteiger partial charge in [0.15, 0.2) is 5.65 Å². The van der Waals surface area contributed by atoms with E-state index in [0.717, 1.165) is 75.2 Å². The lowest BCUT2D eigenvalue weighted by Gasteiger charge is -2.30. The Balaban J connectivity index is 1.61. The number of aromatic nitrogens is 2. The number of rotatable bonds is 3. The maximum atomic E-state index is 5.47. The van der Waals surface area contributed by atoms with Crippen LogP contribution in [0.4, 0.5) is 11.6 Å². The van der Waals surface area contributed by atoms with Crippen molar-refractivity contribution in [1.29, 1.82) is 0 Å². The van der Waals surface area contributed by atoms with Crippen LogP contribution in [0.2, 0.25) is 0 Å². The lowest BCUT2D eigenvalue weighted by Crippen LogP contribution is -2.44. The molecule has 0 spiro atoms. The molecule has 0 aliphatic carbocycles. The van der Waals surface area contributed by atoms with Crippen molar-refractivity contribution in [2.45, 2.75) is 0 Å². The molecule has 4 heterocycles. The Morgan fingerprint density at radius 1 is 0.821 bits per heavy atom. The number of pyridine rings is 2. The van der Waals surface area contributed by atoms with Crippen LogP contribution >= 0.6 is 0 Å². The standard InChI is InChI=1S/C22H25N5O/c1-2-4-17(5-3-1)19-16-18-6-7-20(26-12-14-28-15-13-26)24-21(18)25-22(19)27-10-8-23-9-11-27/h1-7,16,23H,8-15H2. The molecule has 2 aliphatic heterocycles. The van der Waals surface area contributed by atoms with Crippen molar-refractivity contribution >= 4 is 22.7 Å². The molecule has 0 saturated carbocycles. The first kappa shape index (κ1) is 17.4. The van der Waals surface area contributed by atoms with Crippen molar-refractivity contribution in [1.82, 2.24) is 15.3 Å². The van der Waals surface area contributed by atoms with E-state index < -0.39 is 0 Å². The molecule has 1 aromatic carbocycles. The van der Waals surface area contributed by atoms with Crippen molar-refractivity contribution in [2.75, 3.05) is 62.3 Å². The molecule has 3 aromatic rings. The zero-order valence-corrected chi connectivity index (χ0v) is 16.0. The van der Waals surface area contributed by atoms with Crippen LogP contribution in [0.3, 0.4) is 0 Å². The van der Waals surface area contributed by atoms with Gasteiger partial charge in [0.05, 0.1) is 13.2 Å². The van der Waals surface area contributed by atoms with Gasteiger partial charge in [-0.25, -0.2) is 9.97 Å². The maximum Gasteiger partial charge on any atom is 0.163 e. The molecule has 6 heteroatoms. The van der Waals surface area contributed by atoms with Crippen LogP contribution in [0.5, 0.6) is 0 Å². The quantitative estimate of drug-likeness (QED) is 0.759. The summed E-state index contributed by atoms with van der Waals surface area (Å²) in [7, 11) is 0. The van der Waals surface area contributed by atoms with E-state index in [-0.39, 0.29) is 0 Å². The Bertz CT molecular complexity index is 950. The van der Waals surface area contributed by atoms with Crippen LogP contribution in [-0.2, 0) is 4.74 Å². The van der Waals surface area contributed by atoms with Crippen LogP contribution in [0, 0.1) is 0 Å². The molecule has 2 saturated heterocycles. The molecule has 2 fully saturated rings. The average Bonchev–Trinajstić information content (AvgIpc) is 2.79. The van der Waals surface area contributed by atoms with Crippen LogP contribution in [0.25, 0.3) is 22.2 Å². The van der Waals surface area contributed by atoms with Gasteiger partial charge in [-0.05, 0) is 23.8 Å². The summed E-state index contributed by atoms with van der Waals surface area (Å²) in [6.07, 6.45) is 0. The van der Waals surface area contributed by atoms with Gasteiger partial charge in [0.1, 0.15) is 11.6 Å². The Morgan fingerprint density at radius 3 is 2.39 bits per heavy atom.